The highest BCUT2D eigenvalue weighted by atomic mass is 127. The lowest BCUT2D eigenvalue weighted by Gasteiger charge is -2.28. The van der Waals surface area contributed by atoms with E-state index < -0.39 is 0 Å². The Labute approximate surface area is 141 Å². The highest BCUT2D eigenvalue weighted by molar-refractivity contribution is 14.1. The first-order chi connectivity index (χ1) is 10.3. The summed E-state index contributed by atoms with van der Waals surface area (Å²) < 4.78 is 12.6. The Bertz CT molecular complexity index is 392. The van der Waals surface area contributed by atoms with Gasteiger partial charge in [0.1, 0.15) is 45.1 Å². The van der Waals surface area contributed by atoms with Gasteiger partial charge in [-0.15, -0.1) is 0 Å². The molecule has 1 saturated heterocycles. The maximum Gasteiger partial charge on any atom is 0.127 e. The fraction of sp³-hybridized carbons (Fsp3) is 0.625. The lowest BCUT2D eigenvalue weighted by molar-refractivity contribution is -1.01. The number of quaternary nitrogens is 2. The highest BCUT2D eigenvalue weighted by Gasteiger charge is 2.20. The molecule has 0 aliphatic carbocycles. The molecular weight excluding hydrogens is 379 g/mol. The molecular formula is C16H27IN2O2+2. The van der Waals surface area contributed by atoms with Crippen LogP contribution in [0.25, 0.3) is 0 Å². The zero-order chi connectivity index (χ0) is 14.9. The molecule has 0 unspecified atom stereocenters. The van der Waals surface area contributed by atoms with Crippen molar-refractivity contribution in [3.8, 4) is 5.75 Å². The van der Waals surface area contributed by atoms with Crippen molar-refractivity contribution in [2.75, 3.05) is 59.1 Å². The molecule has 0 bridgehead atoms. The van der Waals surface area contributed by atoms with Crippen LogP contribution in [-0.2, 0) is 4.74 Å². The van der Waals surface area contributed by atoms with E-state index in [1.54, 1.807) is 9.80 Å². The minimum atomic E-state index is 0.629. The lowest BCUT2D eigenvalue weighted by atomic mass is 10.3. The standard InChI is InChI=1S/C16H25IN2O2/c1-2-18-7-9-19(10-8-18)11-12-20-13-14-21-16-5-3-15(17)4-6-16/h3-6H,2,7-14H2,1H3/p+2. The van der Waals surface area contributed by atoms with Gasteiger partial charge in [-0.2, -0.15) is 0 Å². The summed E-state index contributed by atoms with van der Waals surface area (Å²) in [5.41, 5.74) is 0. The van der Waals surface area contributed by atoms with Crippen LogP contribution in [0.15, 0.2) is 24.3 Å². The molecule has 1 heterocycles. The molecule has 1 fully saturated rings. The quantitative estimate of drug-likeness (QED) is 0.450. The Balaban J connectivity index is 1.48. The van der Waals surface area contributed by atoms with E-state index in [9.17, 15) is 0 Å². The summed E-state index contributed by atoms with van der Waals surface area (Å²) in [7, 11) is 0. The van der Waals surface area contributed by atoms with Crippen LogP contribution in [0.3, 0.4) is 0 Å². The van der Waals surface area contributed by atoms with E-state index in [0.29, 0.717) is 13.2 Å². The van der Waals surface area contributed by atoms with Crippen molar-refractivity contribution in [3.63, 3.8) is 0 Å². The summed E-state index contributed by atoms with van der Waals surface area (Å²) in [5.74, 6) is 0.920. The molecule has 0 saturated carbocycles. The van der Waals surface area contributed by atoms with Crippen molar-refractivity contribution >= 4 is 22.6 Å². The van der Waals surface area contributed by atoms with Crippen molar-refractivity contribution in [1.29, 1.82) is 0 Å². The number of hydrogen-bond acceptors (Lipinski definition) is 2. The molecule has 4 nitrogen and oxygen atoms in total. The molecule has 0 spiro atoms. The number of piperazine rings is 1. The average molecular weight is 406 g/mol. The fourth-order valence-electron chi connectivity index (χ4n) is 2.63. The van der Waals surface area contributed by atoms with E-state index >= 15 is 0 Å². The lowest BCUT2D eigenvalue weighted by Crippen LogP contribution is -3.28. The zero-order valence-electron chi connectivity index (χ0n) is 12.9. The van der Waals surface area contributed by atoms with Crippen LogP contribution < -0.4 is 14.5 Å². The third kappa shape index (κ3) is 6.50. The maximum absolute atomic E-state index is 5.68. The smallest absolute Gasteiger partial charge is 0.127 e. The molecule has 2 rings (SSSR count). The Morgan fingerprint density at radius 2 is 1.62 bits per heavy atom. The average Bonchev–Trinajstić information content (AvgIpc) is 2.53. The van der Waals surface area contributed by atoms with Gasteiger partial charge >= 0.3 is 0 Å². The number of hydrogen-bond donors (Lipinski definition) is 2. The minimum absolute atomic E-state index is 0.629. The molecule has 5 heteroatoms. The predicted molar refractivity (Wildman–Crippen MR) is 92.3 cm³/mol. The molecule has 1 aromatic carbocycles. The summed E-state index contributed by atoms with van der Waals surface area (Å²) in [5, 5.41) is 0. The second kappa shape index (κ2) is 9.61. The second-order valence-corrected chi connectivity index (χ2v) is 6.76. The van der Waals surface area contributed by atoms with Crippen LogP contribution in [0.4, 0.5) is 0 Å². The van der Waals surface area contributed by atoms with Gasteiger partial charge in [-0.1, -0.05) is 0 Å². The van der Waals surface area contributed by atoms with E-state index in [0.717, 1.165) is 18.9 Å². The van der Waals surface area contributed by atoms with Crippen molar-refractivity contribution in [2.24, 2.45) is 0 Å². The largest absolute Gasteiger partial charge is 0.491 e. The first-order valence-corrected chi connectivity index (χ1v) is 8.99. The first kappa shape index (κ1) is 17.0. The van der Waals surface area contributed by atoms with E-state index in [2.05, 4.69) is 41.6 Å². The Hall–Kier alpha value is -0.370. The predicted octanol–water partition coefficient (Wildman–Crippen LogP) is -0.510. The minimum Gasteiger partial charge on any atom is -0.491 e. The molecule has 1 aliphatic rings. The Kier molecular flexibility index (Phi) is 7.77. The summed E-state index contributed by atoms with van der Waals surface area (Å²) in [6.45, 7) is 12.0. The topological polar surface area (TPSA) is 27.3 Å². The monoisotopic (exact) mass is 406 g/mol. The van der Waals surface area contributed by atoms with Gasteiger partial charge < -0.3 is 19.3 Å². The van der Waals surface area contributed by atoms with Crippen LogP contribution in [0.5, 0.6) is 5.75 Å². The Morgan fingerprint density at radius 3 is 2.29 bits per heavy atom. The van der Waals surface area contributed by atoms with Crippen molar-refractivity contribution in [3.05, 3.63) is 27.8 Å². The normalized spacial score (nSPS) is 22.2. The first-order valence-electron chi connectivity index (χ1n) is 7.91. The number of likely N-dealkylation sites (N-methyl/N-ethyl adjacent to an activating group) is 1. The summed E-state index contributed by atoms with van der Waals surface area (Å²) in [6.07, 6.45) is 0. The van der Waals surface area contributed by atoms with Gasteiger partial charge in [-0.3, -0.25) is 0 Å². The van der Waals surface area contributed by atoms with E-state index in [4.69, 9.17) is 9.47 Å². The van der Waals surface area contributed by atoms with Crippen molar-refractivity contribution in [2.45, 2.75) is 6.92 Å². The third-order valence-corrected chi connectivity index (χ3v) is 4.79. The van der Waals surface area contributed by atoms with E-state index in [-0.39, 0.29) is 0 Å². The van der Waals surface area contributed by atoms with Gasteiger partial charge in [-0.25, -0.2) is 0 Å². The third-order valence-electron chi connectivity index (χ3n) is 4.07. The highest BCUT2D eigenvalue weighted by Crippen LogP contribution is 2.13. The van der Waals surface area contributed by atoms with Crippen LogP contribution >= 0.6 is 22.6 Å². The van der Waals surface area contributed by atoms with Gasteiger partial charge in [0.15, 0.2) is 0 Å². The molecule has 0 amide bonds. The number of halogens is 1. The number of nitrogens with one attached hydrogen (secondary N) is 2. The number of ether oxygens (including phenoxy) is 2. The SMILES string of the molecule is CC[NH+]1CC[NH+](CCOCCOc2ccc(I)cc2)CC1. The molecule has 1 aliphatic heterocycles. The van der Waals surface area contributed by atoms with Crippen LogP contribution in [0.2, 0.25) is 0 Å². The van der Waals surface area contributed by atoms with Gasteiger partial charge in [0.2, 0.25) is 0 Å². The molecule has 2 N–H and O–H groups in total. The van der Waals surface area contributed by atoms with Crippen LogP contribution in [0.1, 0.15) is 6.92 Å². The molecule has 0 radical (unpaired) electrons. The summed E-state index contributed by atoms with van der Waals surface area (Å²) >= 11 is 2.29. The van der Waals surface area contributed by atoms with E-state index in [1.165, 1.54) is 36.3 Å². The maximum atomic E-state index is 5.68. The molecule has 1 aromatic rings. The van der Waals surface area contributed by atoms with Gasteiger partial charge in [-0.05, 0) is 53.8 Å². The summed E-state index contributed by atoms with van der Waals surface area (Å²) in [6, 6.07) is 8.11. The van der Waals surface area contributed by atoms with Crippen LogP contribution in [0, 0.1) is 3.57 Å². The molecule has 118 valence electrons. The fourth-order valence-corrected chi connectivity index (χ4v) is 2.99. The van der Waals surface area contributed by atoms with E-state index in [1.807, 2.05) is 12.1 Å². The molecule has 0 atom stereocenters. The number of benzene rings is 1. The van der Waals surface area contributed by atoms with Gasteiger partial charge in [0.05, 0.1) is 19.8 Å². The summed E-state index contributed by atoms with van der Waals surface area (Å²) in [4.78, 5) is 3.43. The van der Waals surface area contributed by atoms with Crippen molar-refractivity contribution in [1.82, 2.24) is 0 Å². The zero-order valence-corrected chi connectivity index (χ0v) is 15.0. The van der Waals surface area contributed by atoms with Gasteiger partial charge in [0.25, 0.3) is 0 Å². The second-order valence-electron chi connectivity index (χ2n) is 5.52. The Morgan fingerprint density at radius 1 is 0.952 bits per heavy atom. The molecule has 0 aromatic heterocycles. The van der Waals surface area contributed by atoms with Gasteiger partial charge in [0, 0.05) is 3.57 Å². The molecule has 21 heavy (non-hydrogen) atoms. The van der Waals surface area contributed by atoms with Crippen molar-refractivity contribution < 1.29 is 19.3 Å². The van der Waals surface area contributed by atoms with Crippen LogP contribution in [-0.4, -0.2) is 59.1 Å². The number of rotatable bonds is 8.